The van der Waals surface area contributed by atoms with E-state index < -0.39 is 0 Å². The van der Waals surface area contributed by atoms with E-state index in [1.807, 2.05) is 30.6 Å². The summed E-state index contributed by atoms with van der Waals surface area (Å²) in [7, 11) is 1.76. The molecule has 80 valence electrons. The molecular weight excluding hydrogens is 186 g/mol. The molecule has 1 heterocycles. The normalized spacial score (nSPS) is 10.3. The van der Waals surface area contributed by atoms with Crippen LogP contribution < -0.4 is 0 Å². The van der Waals surface area contributed by atoms with Crippen LogP contribution in [0.2, 0.25) is 0 Å². The van der Waals surface area contributed by atoms with Crippen molar-refractivity contribution in [3.05, 3.63) is 30.0 Å². The highest BCUT2D eigenvalue weighted by Gasteiger charge is 1.94. The summed E-state index contributed by atoms with van der Waals surface area (Å²) in [5.74, 6) is 0. The smallest absolute Gasteiger partial charge is 0.0656 e. The van der Waals surface area contributed by atoms with E-state index in [0.29, 0.717) is 0 Å². The highest BCUT2D eigenvalue weighted by atomic mass is 15.1. The first kappa shape index (κ1) is 11.4. The van der Waals surface area contributed by atoms with Crippen molar-refractivity contribution in [3.8, 4) is 0 Å². The van der Waals surface area contributed by atoms with Gasteiger partial charge < -0.3 is 0 Å². The van der Waals surface area contributed by atoms with Crippen LogP contribution in [0.25, 0.3) is 10.9 Å². The zero-order chi connectivity index (χ0) is 11.1. The third-order valence-electron chi connectivity index (χ3n) is 1.74. The average molecular weight is 203 g/mol. The molecule has 0 spiro atoms. The number of fused-ring (bicyclic) bond motifs is 1. The van der Waals surface area contributed by atoms with Crippen molar-refractivity contribution in [1.82, 2.24) is 10.2 Å². The zero-order valence-electron chi connectivity index (χ0n) is 9.49. The second-order valence-electron chi connectivity index (χ2n) is 3.31. The lowest BCUT2D eigenvalue weighted by Gasteiger charge is -1.91. The van der Waals surface area contributed by atoms with Crippen molar-refractivity contribution in [3.63, 3.8) is 0 Å². The van der Waals surface area contributed by atoms with Crippen LogP contribution >= 0.6 is 0 Å². The van der Waals surface area contributed by atoms with Gasteiger partial charge in [-0.25, -0.2) is 0 Å². The fourth-order valence-electron chi connectivity index (χ4n) is 1.18. The summed E-state index contributed by atoms with van der Waals surface area (Å²) in [6, 6.07) is 6.07. The summed E-state index contributed by atoms with van der Waals surface area (Å²) >= 11 is 0. The molecule has 0 saturated heterocycles. The van der Waals surface area contributed by atoms with Crippen molar-refractivity contribution >= 4 is 17.1 Å². The van der Waals surface area contributed by atoms with Gasteiger partial charge in [0.2, 0.25) is 0 Å². The third-order valence-corrected chi connectivity index (χ3v) is 1.74. The Morgan fingerprint density at radius 1 is 1.40 bits per heavy atom. The van der Waals surface area contributed by atoms with Crippen LogP contribution in [0.3, 0.4) is 0 Å². The quantitative estimate of drug-likeness (QED) is 0.711. The maximum Gasteiger partial charge on any atom is 0.0656 e. The Morgan fingerprint density at radius 2 is 2.13 bits per heavy atom. The molecule has 0 amide bonds. The van der Waals surface area contributed by atoms with Gasteiger partial charge in [0.25, 0.3) is 0 Å². The molecule has 1 aromatic carbocycles. The Labute approximate surface area is 90.2 Å². The van der Waals surface area contributed by atoms with Gasteiger partial charge >= 0.3 is 0 Å². The molecule has 3 heteroatoms. The summed E-state index contributed by atoms with van der Waals surface area (Å²) in [5, 5.41) is 7.97. The van der Waals surface area contributed by atoms with E-state index in [1.54, 1.807) is 7.05 Å². The number of hydrogen-bond acceptors (Lipinski definition) is 2. The minimum atomic E-state index is 1.05. The summed E-state index contributed by atoms with van der Waals surface area (Å²) < 4.78 is 0. The molecule has 0 unspecified atom stereocenters. The van der Waals surface area contributed by atoms with Gasteiger partial charge in [0.05, 0.1) is 11.7 Å². The van der Waals surface area contributed by atoms with Crippen LogP contribution in [-0.4, -0.2) is 23.5 Å². The van der Waals surface area contributed by atoms with Crippen LogP contribution in [0.15, 0.2) is 29.4 Å². The highest BCUT2D eigenvalue weighted by Crippen LogP contribution is 2.10. The molecule has 0 radical (unpaired) electrons. The second-order valence-corrected chi connectivity index (χ2v) is 3.31. The molecule has 0 bridgehead atoms. The van der Waals surface area contributed by atoms with E-state index in [-0.39, 0.29) is 0 Å². The lowest BCUT2D eigenvalue weighted by atomic mass is 10.2. The van der Waals surface area contributed by atoms with Gasteiger partial charge in [-0.2, -0.15) is 5.10 Å². The topological polar surface area (TPSA) is 41.0 Å². The van der Waals surface area contributed by atoms with Crippen molar-refractivity contribution in [1.29, 1.82) is 0 Å². The maximum atomic E-state index is 3.94. The van der Waals surface area contributed by atoms with E-state index in [4.69, 9.17) is 0 Å². The van der Waals surface area contributed by atoms with Crippen molar-refractivity contribution in [2.45, 2.75) is 20.3 Å². The number of hydrogen-bond donors (Lipinski definition) is 1. The van der Waals surface area contributed by atoms with Crippen molar-refractivity contribution in [2.75, 3.05) is 7.05 Å². The largest absolute Gasteiger partial charge is 0.296 e. The van der Waals surface area contributed by atoms with E-state index in [0.717, 1.165) is 16.5 Å². The van der Waals surface area contributed by atoms with Crippen LogP contribution in [0, 0.1) is 0 Å². The Balaban J connectivity index is 0.000000337. The van der Waals surface area contributed by atoms with Crippen LogP contribution in [0.4, 0.5) is 0 Å². The Bertz CT molecular complexity index is 429. The van der Waals surface area contributed by atoms with Crippen molar-refractivity contribution < 1.29 is 0 Å². The monoisotopic (exact) mass is 203 g/mol. The van der Waals surface area contributed by atoms with Crippen LogP contribution in [-0.2, 0) is 0 Å². The van der Waals surface area contributed by atoms with Gasteiger partial charge in [-0.3, -0.25) is 10.1 Å². The third kappa shape index (κ3) is 3.20. The predicted octanol–water partition coefficient (Wildman–Crippen LogP) is 3.03. The molecular formula is C12H17N3. The number of nitrogens with zero attached hydrogens (tertiary/aromatic N) is 2. The molecule has 2 rings (SSSR count). The van der Waals surface area contributed by atoms with Gasteiger partial charge in [0, 0.05) is 18.6 Å². The number of aromatic nitrogens is 2. The van der Waals surface area contributed by atoms with Gasteiger partial charge in [-0.05, 0) is 11.6 Å². The minimum absolute atomic E-state index is 1.05. The lowest BCUT2D eigenvalue weighted by molar-refractivity contribution is 1.09. The minimum Gasteiger partial charge on any atom is -0.296 e. The number of aliphatic imine (C=N–C) groups is 1. The maximum absolute atomic E-state index is 3.94. The zero-order valence-corrected chi connectivity index (χ0v) is 9.49. The molecule has 0 aliphatic heterocycles. The molecule has 1 N–H and O–H groups in total. The first-order valence-corrected chi connectivity index (χ1v) is 5.17. The average Bonchev–Trinajstić information content (AvgIpc) is 2.66. The molecule has 0 saturated carbocycles. The lowest BCUT2D eigenvalue weighted by Crippen LogP contribution is -1.79. The second kappa shape index (κ2) is 5.96. The van der Waals surface area contributed by atoms with Crippen LogP contribution in [0.5, 0.6) is 0 Å². The number of H-pyrrole nitrogens is 1. The van der Waals surface area contributed by atoms with E-state index in [2.05, 4.69) is 29.0 Å². The predicted molar refractivity (Wildman–Crippen MR) is 65.6 cm³/mol. The van der Waals surface area contributed by atoms with Crippen molar-refractivity contribution in [2.24, 2.45) is 4.99 Å². The molecule has 2 aromatic rings. The first-order valence-electron chi connectivity index (χ1n) is 5.17. The number of benzene rings is 1. The van der Waals surface area contributed by atoms with E-state index >= 15 is 0 Å². The fraction of sp³-hybridized carbons (Fsp3) is 0.333. The van der Waals surface area contributed by atoms with Gasteiger partial charge in [0.1, 0.15) is 0 Å². The van der Waals surface area contributed by atoms with Gasteiger partial charge in [0.15, 0.2) is 0 Å². The number of rotatable bonds is 1. The number of nitrogens with one attached hydrogen (secondary N) is 1. The Hall–Kier alpha value is -1.64. The fourth-order valence-corrected chi connectivity index (χ4v) is 1.18. The van der Waals surface area contributed by atoms with Gasteiger partial charge in [-0.15, -0.1) is 0 Å². The molecule has 3 nitrogen and oxygen atoms in total. The summed E-state index contributed by atoms with van der Waals surface area (Å²) in [5.41, 5.74) is 2.14. The molecule has 15 heavy (non-hydrogen) atoms. The molecule has 0 aliphatic carbocycles. The Morgan fingerprint density at radius 3 is 2.80 bits per heavy atom. The summed E-state index contributed by atoms with van der Waals surface area (Å²) in [6.45, 7) is 4.25. The molecule has 1 aromatic heterocycles. The SMILES string of the molecule is CCC.CN=Cc1ccc2cn[nH]c2c1. The molecule has 0 aliphatic rings. The first-order chi connectivity index (χ1) is 7.31. The Kier molecular flexibility index (Phi) is 4.54. The van der Waals surface area contributed by atoms with Crippen LogP contribution in [0.1, 0.15) is 25.8 Å². The highest BCUT2D eigenvalue weighted by molar-refractivity contribution is 5.87. The van der Waals surface area contributed by atoms with E-state index in [1.165, 1.54) is 6.42 Å². The molecule has 0 atom stereocenters. The summed E-state index contributed by atoms with van der Waals surface area (Å²) in [6.07, 6.45) is 4.88. The standard InChI is InChI=1S/C9H9N3.C3H8/c1-10-5-7-2-3-8-6-11-12-9(8)4-7;1-3-2/h2-6H,1H3,(H,11,12);3H2,1-2H3. The number of aromatic amines is 1. The van der Waals surface area contributed by atoms with Gasteiger partial charge in [-0.1, -0.05) is 32.4 Å². The summed E-state index contributed by atoms with van der Waals surface area (Å²) in [4.78, 5) is 3.94. The van der Waals surface area contributed by atoms with E-state index in [9.17, 15) is 0 Å². The molecule has 0 fully saturated rings.